The summed E-state index contributed by atoms with van der Waals surface area (Å²) in [6.07, 6.45) is 0.987. The van der Waals surface area contributed by atoms with Gasteiger partial charge >= 0.3 is 11.9 Å². The fourth-order valence-electron chi connectivity index (χ4n) is 1.47. The van der Waals surface area contributed by atoms with Crippen molar-refractivity contribution in [3.05, 3.63) is 12.2 Å². The van der Waals surface area contributed by atoms with Crippen LogP contribution in [0, 0.1) is 0 Å². The second kappa shape index (κ2) is 6.51. The van der Waals surface area contributed by atoms with Crippen LogP contribution in [-0.4, -0.2) is 34.7 Å². The smallest absolute Gasteiger partial charge is 0.323 e. The van der Waals surface area contributed by atoms with Crippen LogP contribution in [-0.2, 0) is 14.3 Å². The van der Waals surface area contributed by atoms with E-state index in [1.807, 2.05) is 13.8 Å². The zero-order valence-corrected chi connectivity index (χ0v) is 11.1. The van der Waals surface area contributed by atoms with Crippen molar-refractivity contribution in [3.8, 4) is 0 Å². The van der Waals surface area contributed by atoms with Crippen molar-refractivity contribution in [2.24, 2.45) is 11.5 Å². The topological polar surface area (TPSA) is 116 Å². The van der Waals surface area contributed by atoms with Crippen molar-refractivity contribution in [2.45, 2.75) is 51.3 Å². The number of carboxylic acid groups (broad SMARTS) is 1. The molecule has 0 amide bonds. The van der Waals surface area contributed by atoms with E-state index in [1.165, 1.54) is 0 Å². The van der Waals surface area contributed by atoms with Gasteiger partial charge in [0.2, 0.25) is 0 Å². The van der Waals surface area contributed by atoms with Crippen molar-refractivity contribution in [1.82, 2.24) is 0 Å². The molecular weight excluding hydrogens is 236 g/mol. The molecule has 0 spiro atoms. The maximum atomic E-state index is 10.6. The molecule has 1 fully saturated rings. The van der Waals surface area contributed by atoms with Gasteiger partial charge in [0.05, 0.1) is 0 Å². The second-order valence-electron chi connectivity index (χ2n) is 5.10. The molecule has 0 aromatic rings. The Hall–Kier alpha value is -1.40. The first kappa shape index (κ1) is 16.6. The van der Waals surface area contributed by atoms with Gasteiger partial charge in [-0.05, 0) is 27.2 Å². The summed E-state index contributed by atoms with van der Waals surface area (Å²) in [4.78, 5) is 20.7. The summed E-state index contributed by atoms with van der Waals surface area (Å²) in [6.45, 7) is 9.00. The third-order valence-electron chi connectivity index (χ3n) is 2.28. The Morgan fingerprint density at radius 3 is 2.28 bits per heavy atom. The van der Waals surface area contributed by atoms with Crippen molar-refractivity contribution >= 4 is 11.9 Å². The lowest BCUT2D eigenvalue weighted by Gasteiger charge is -2.13. The summed E-state index contributed by atoms with van der Waals surface area (Å²) in [5, 5.41) is 8.26. The summed E-state index contributed by atoms with van der Waals surface area (Å²) < 4.78 is 4.90. The van der Waals surface area contributed by atoms with Gasteiger partial charge in [0.1, 0.15) is 17.7 Å². The molecule has 0 aromatic heterocycles. The van der Waals surface area contributed by atoms with Crippen LogP contribution in [0.5, 0.6) is 0 Å². The molecule has 2 atom stereocenters. The Morgan fingerprint density at radius 2 is 2.17 bits per heavy atom. The summed E-state index contributed by atoms with van der Waals surface area (Å²) in [5.74, 6) is -1.25. The van der Waals surface area contributed by atoms with E-state index >= 15 is 0 Å². The number of aliphatic carboxylic acids is 1. The van der Waals surface area contributed by atoms with E-state index in [0.29, 0.717) is 12.8 Å². The molecule has 0 unspecified atom stereocenters. The highest BCUT2D eigenvalue weighted by Crippen LogP contribution is 2.23. The Morgan fingerprint density at radius 1 is 1.67 bits per heavy atom. The number of carboxylic acids is 1. The van der Waals surface area contributed by atoms with E-state index < -0.39 is 18.1 Å². The SMILES string of the molecule is C=C(C)C[C@H](N)C(=O)O.CC1(C)C[C@H](N)C(=O)O1. The van der Waals surface area contributed by atoms with Crippen LogP contribution in [0.25, 0.3) is 0 Å². The standard InChI is InChI=1S/2C6H11NO2/c1-6(2)3-4(7)5(8)9-6;1-4(2)3-5(7)6(8)9/h4H,3,7H2,1-2H3;5H,1,3,7H2,2H3,(H,8,9)/t4-;5-/m00/s1. The summed E-state index contributed by atoms with van der Waals surface area (Å²) in [5.41, 5.74) is 11.0. The fourth-order valence-corrected chi connectivity index (χ4v) is 1.47. The van der Waals surface area contributed by atoms with Gasteiger partial charge in [-0.15, -0.1) is 6.58 Å². The monoisotopic (exact) mass is 258 g/mol. The molecule has 0 radical (unpaired) electrons. The number of hydrogen-bond acceptors (Lipinski definition) is 5. The molecule has 0 aliphatic carbocycles. The molecule has 0 aromatic carbocycles. The summed E-state index contributed by atoms with van der Waals surface area (Å²) >= 11 is 0. The molecular formula is C12H22N2O4. The first-order valence-electron chi connectivity index (χ1n) is 5.66. The molecule has 1 heterocycles. The lowest BCUT2D eigenvalue weighted by molar-refractivity contribution is -0.146. The largest absolute Gasteiger partial charge is 0.480 e. The highest BCUT2D eigenvalue weighted by molar-refractivity contribution is 5.78. The Labute approximate surface area is 107 Å². The highest BCUT2D eigenvalue weighted by Gasteiger charge is 2.37. The fraction of sp³-hybridized carbons (Fsp3) is 0.667. The van der Waals surface area contributed by atoms with Gasteiger partial charge in [-0.3, -0.25) is 9.59 Å². The maximum absolute atomic E-state index is 10.6. The predicted molar refractivity (Wildman–Crippen MR) is 67.8 cm³/mol. The summed E-state index contributed by atoms with van der Waals surface area (Å²) in [7, 11) is 0. The Balaban J connectivity index is 0.000000321. The first-order chi connectivity index (χ1) is 8.05. The van der Waals surface area contributed by atoms with Crippen molar-refractivity contribution in [3.63, 3.8) is 0 Å². The molecule has 18 heavy (non-hydrogen) atoms. The Bertz CT molecular complexity index is 339. The van der Waals surface area contributed by atoms with E-state index in [4.69, 9.17) is 21.3 Å². The zero-order valence-electron chi connectivity index (χ0n) is 11.1. The average Bonchev–Trinajstić information content (AvgIpc) is 2.38. The van der Waals surface area contributed by atoms with Crippen LogP contribution >= 0.6 is 0 Å². The number of ether oxygens (including phenoxy) is 1. The minimum atomic E-state index is -0.974. The lowest BCUT2D eigenvalue weighted by atomic mass is 10.0. The lowest BCUT2D eigenvalue weighted by Crippen LogP contribution is -2.29. The number of rotatable bonds is 3. The van der Waals surface area contributed by atoms with E-state index in [9.17, 15) is 9.59 Å². The number of esters is 1. The molecule has 1 aliphatic heterocycles. The van der Waals surface area contributed by atoms with Gasteiger partial charge in [0.25, 0.3) is 0 Å². The molecule has 1 aliphatic rings. The van der Waals surface area contributed by atoms with Crippen LogP contribution in [0.3, 0.4) is 0 Å². The van der Waals surface area contributed by atoms with Crippen LogP contribution in [0.2, 0.25) is 0 Å². The molecule has 104 valence electrons. The molecule has 0 saturated carbocycles. The number of cyclic esters (lactones) is 1. The van der Waals surface area contributed by atoms with E-state index in [2.05, 4.69) is 6.58 Å². The highest BCUT2D eigenvalue weighted by atomic mass is 16.6. The van der Waals surface area contributed by atoms with Gasteiger partial charge in [0, 0.05) is 6.42 Å². The van der Waals surface area contributed by atoms with Gasteiger partial charge in [-0.1, -0.05) is 5.57 Å². The van der Waals surface area contributed by atoms with Crippen LogP contribution in [0.4, 0.5) is 0 Å². The third kappa shape index (κ3) is 6.36. The van der Waals surface area contributed by atoms with Gasteiger partial charge in [0.15, 0.2) is 0 Å². The zero-order chi connectivity index (χ0) is 14.5. The van der Waals surface area contributed by atoms with Crippen LogP contribution < -0.4 is 11.5 Å². The van der Waals surface area contributed by atoms with Gasteiger partial charge < -0.3 is 21.3 Å². The molecule has 6 heteroatoms. The molecule has 1 saturated heterocycles. The second-order valence-corrected chi connectivity index (χ2v) is 5.10. The van der Waals surface area contributed by atoms with Crippen LogP contribution in [0.15, 0.2) is 12.2 Å². The average molecular weight is 258 g/mol. The minimum absolute atomic E-state index is 0.278. The van der Waals surface area contributed by atoms with Crippen molar-refractivity contribution < 1.29 is 19.4 Å². The molecule has 0 bridgehead atoms. The van der Waals surface area contributed by atoms with Gasteiger partial charge in [-0.25, -0.2) is 0 Å². The van der Waals surface area contributed by atoms with E-state index in [1.54, 1.807) is 6.92 Å². The molecule has 5 N–H and O–H groups in total. The van der Waals surface area contributed by atoms with Crippen molar-refractivity contribution in [1.29, 1.82) is 0 Å². The third-order valence-corrected chi connectivity index (χ3v) is 2.28. The van der Waals surface area contributed by atoms with Crippen LogP contribution in [0.1, 0.15) is 33.6 Å². The number of hydrogen-bond donors (Lipinski definition) is 3. The van der Waals surface area contributed by atoms with Crippen molar-refractivity contribution in [2.75, 3.05) is 0 Å². The summed E-state index contributed by atoms with van der Waals surface area (Å²) in [6, 6.07) is -1.19. The predicted octanol–water partition coefficient (Wildman–Crippen LogP) is 0.404. The minimum Gasteiger partial charge on any atom is -0.480 e. The first-order valence-corrected chi connectivity index (χ1v) is 5.66. The van der Waals surface area contributed by atoms with E-state index in [-0.39, 0.29) is 11.6 Å². The maximum Gasteiger partial charge on any atom is 0.323 e. The number of carbonyl (C=O) groups excluding carboxylic acids is 1. The normalized spacial score (nSPS) is 22.5. The quantitative estimate of drug-likeness (QED) is 0.498. The van der Waals surface area contributed by atoms with E-state index in [0.717, 1.165) is 5.57 Å². The van der Waals surface area contributed by atoms with Gasteiger partial charge in [-0.2, -0.15) is 0 Å². The number of nitrogens with two attached hydrogens (primary N) is 2. The number of carbonyl (C=O) groups is 2. The Kier molecular flexibility index (Phi) is 6.00. The molecule has 1 rings (SSSR count). The molecule has 6 nitrogen and oxygen atoms in total.